The summed E-state index contributed by atoms with van der Waals surface area (Å²) >= 11 is 0. The highest BCUT2D eigenvalue weighted by molar-refractivity contribution is 5.98. The van der Waals surface area contributed by atoms with Crippen LogP contribution in [0.3, 0.4) is 0 Å². The topological polar surface area (TPSA) is 49.4 Å². The Hall–Kier alpha value is -2.17. The van der Waals surface area contributed by atoms with Crippen molar-refractivity contribution in [1.82, 2.24) is 10.2 Å². The molecular formula is C21H25ClN2O2. The molecule has 4 nitrogen and oxygen atoms in total. The number of halogens is 1. The first kappa shape index (κ1) is 20.1. The van der Waals surface area contributed by atoms with E-state index in [1.165, 1.54) is 0 Å². The molecule has 1 amide bonds. The largest absolute Gasteiger partial charge is 0.337 e. The van der Waals surface area contributed by atoms with E-state index < -0.39 is 0 Å². The van der Waals surface area contributed by atoms with E-state index in [0.29, 0.717) is 5.56 Å². The summed E-state index contributed by atoms with van der Waals surface area (Å²) in [4.78, 5) is 26.6. The molecule has 0 saturated carbocycles. The fraction of sp³-hybridized carbons (Fsp3) is 0.333. The Morgan fingerprint density at radius 3 is 2.31 bits per heavy atom. The quantitative estimate of drug-likeness (QED) is 0.816. The molecule has 1 atom stereocenters. The molecule has 0 unspecified atom stereocenters. The Bertz CT molecular complexity index is 731. The van der Waals surface area contributed by atoms with Gasteiger partial charge in [-0.25, -0.2) is 0 Å². The second-order valence-electron chi connectivity index (χ2n) is 6.51. The molecule has 138 valence electrons. The van der Waals surface area contributed by atoms with E-state index in [4.69, 9.17) is 0 Å². The molecule has 5 heteroatoms. The monoisotopic (exact) mass is 372 g/mol. The third kappa shape index (κ3) is 4.93. The maximum Gasteiger partial charge on any atom is 0.223 e. The number of amides is 1. The average molecular weight is 373 g/mol. The van der Waals surface area contributed by atoms with Gasteiger partial charge >= 0.3 is 0 Å². The number of carbonyl (C=O) groups is 2. The third-order valence-electron chi connectivity index (χ3n) is 4.70. The van der Waals surface area contributed by atoms with Crippen LogP contribution in [-0.2, 0) is 4.79 Å². The van der Waals surface area contributed by atoms with Gasteiger partial charge in [-0.15, -0.1) is 12.4 Å². The Balaban J connectivity index is 0.00000243. The first-order chi connectivity index (χ1) is 12.1. The Labute approximate surface area is 161 Å². The fourth-order valence-corrected chi connectivity index (χ4v) is 3.20. The lowest BCUT2D eigenvalue weighted by atomic mass is 10.0. The molecule has 1 saturated heterocycles. The van der Waals surface area contributed by atoms with Crippen LogP contribution in [0.4, 0.5) is 0 Å². The number of rotatable bonds is 5. The average Bonchev–Trinajstić information content (AvgIpc) is 2.67. The second-order valence-corrected chi connectivity index (χ2v) is 6.51. The molecule has 1 N–H and O–H groups in total. The van der Waals surface area contributed by atoms with Crippen LogP contribution in [0.2, 0.25) is 0 Å². The van der Waals surface area contributed by atoms with E-state index in [2.05, 4.69) is 5.32 Å². The summed E-state index contributed by atoms with van der Waals surface area (Å²) in [6.45, 7) is 4.40. The highest BCUT2D eigenvalue weighted by Gasteiger charge is 2.23. The van der Waals surface area contributed by atoms with Crippen LogP contribution < -0.4 is 5.32 Å². The van der Waals surface area contributed by atoms with E-state index in [1.807, 2.05) is 66.4 Å². The minimum Gasteiger partial charge on any atom is -0.337 e. The number of nitrogens with zero attached hydrogens (tertiary/aromatic N) is 1. The molecule has 0 aromatic heterocycles. The number of carbonyl (C=O) groups excluding carboxylic acids is 2. The van der Waals surface area contributed by atoms with Gasteiger partial charge in [0.1, 0.15) is 0 Å². The number of piperazine rings is 1. The summed E-state index contributed by atoms with van der Waals surface area (Å²) in [6.07, 6.45) is 0.545. The normalized spacial score (nSPS) is 16.7. The van der Waals surface area contributed by atoms with E-state index in [1.54, 1.807) is 0 Å². The molecule has 1 aliphatic heterocycles. The fourth-order valence-electron chi connectivity index (χ4n) is 3.20. The van der Waals surface area contributed by atoms with E-state index >= 15 is 0 Å². The molecule has 1 aliphatic rings. The smallest absolute Gasteiger partial charge is 0.223 e. The molecule has 1 heterocycles. The maximum absolute atomic E-state index is 12.4. The molecule has 26 heavy (non-hydrogen) atoms. The third-order valence-corrected chi connectivity index (χ3v) is 4.70. The number of hydrogen-bond donors (Lipinski definition) is 1. The van der Waals surface area contributed by atoms with Crippen molar-refractivity contribution in [3.63, 3.8) is 0 Å². The minimum atomic E-state index is 0. The number of nitrogens with one attached hydrogen (secondary N) is 1. The van der Waals surface area contributed by atoms with Gasteiger partial charge in [0.05, 0.1) is 0 Å². The molecule has 1 fully saturated rings. The summed E-state index contributed by atoms with van der Waals surface area (Å²) < 4.78 is 0. The summed E-state index contributed by atoms with van der Waals surface area (Å²) in [6, 6.07) is 17.9. The van der Waals surface area contributed by atoms with Gasteiger partial charge in [0, 0.05) is 44.1 Å². The van der Waals surface area contributed by atoms with Gasteiger partial charge in [-0.2, -0.15) is 0 Å². The standard InChI is InChI=1S/C21H24N2O2.ClH/c1-16-15-22-13-14-23(16)21(25)12-11-20(24)19-9-7-18(8-10-19)17-5-3-2-4-6-17;/h2-10,16,22H,11-15H2,1H3;1H/t16-;/m0./s1. The van der Waals surface area contributed by atoms with Crippen LogP contribution in [0.15, 0.2) is 54.6 Å². The molecule has 2 aromatic rings. The number of hydrogen-bond acceptors (Lipinski definition) is 3. The first-order valence-corrected chi connectivity index (χ1v) is 8.84. The van der Waals surface area contributed by atoms with Crippen LogP contribution >= 0.6 is 12.4 Å². The van der Waals surface area contributed by atoms with Crippen molar-refractivity contribution in [2.75, 3.05) is 19.6 Å². The van der Waals surface area contributed by atoms with Crippen LogP contribution in [0.25, 0.3) is 11.1 Å². The van der Waals surface area contributed by atoms with Gasteiger partial charge < -0.3 is 10.2 Å². The molecule has 2 aromatic carbocycles. The van der Waals surface area contributed by atoms with Crippen molar-refractivity contribution in [3.05, 3.63) is 60.2 Å². The molecule has 0 bridgehead atoms. The second kappa shape index (κ2) is 9.51. The maximum atomic E-state index is 12.4. The van der Waals surface area contributed by atoms with Crippen molar-refractivity contribution in [3.8, 4) is 11.1 Å². The highest BCUT2D eigenvalue weighted by Crippen LogP contribution is 2.20. The van der Waals surface area contributed by atoms with Gasteiger partial charge in [-0.3, -0.25) is 9.59 Å². The summed E-state index contributed by atoms with van der Waals surface area (Å²) in [5.74, 6) is 0.0963. The Morgan fingerprint density at radius 2 is 1.65 bits per heavy atom. The van der Waals surface area contributed by atoms with Gasteiger partial charge in [-0.1, -0.05) is 54.6 Å². The SMILES string of the molecule is C[C@H]1CNCCN1C(=O)CCC(=O)c1ccc(-c2ccccc2)cc1.Cl. The van der Waals surface area contributed by atoms with Crippen LogP contribution in [0, 0.1) is 0 Å². The molecular weight excluding hydrogens is 348 g/mol. The van der Waals surface area contributed by atoms with Crippen LogP contribution in [0.1, 0.15) is 30.1 Å². The zero-order valence-corrected chi connectivity index (χ0v) is 15.8. The van der Waals surface area contributed by atoms with Crippen molar-refractivity contribution in [2.24, 2.45) is 0 Å². The zero-order valence-electron chi connectivity index (χ0n) is 15.0. The van der Waals surface area contributed by atoms with Gasteiger partial charge in [0.15, 0.2) is 5.78 Å². The predicted octanol–water partition coefficient (Wildman–Crippen LogP) is 3.56. The van der Waals surface area contributed by atoms with Crippen molar-refractivity contribution in [1.29, 1.82) is 0 Å². The molecule has 0 aliphatic carbocycles. The first-order valence-electron chi connectivity index (χ1n) is 8.84. The van der Waals surface area contributed by atoms with Crippen molar-refractivity contribution < 1.29 is 9.59 Å². The number of benzene rings is 2. The van der Waals surface area contributed by atoms with Gasteiger partial charge in [0.25, 0.3) is 0 Å². The zero-order chi connectivity index (χ0) is 17.6. The predicted molar refractivity (Wildman–Crippen MR) is 107 cm³/mol. The van der Waals surface area contributed by atoms with E-state index in [9.17, 15) is 9.59 Å². The minimum absolute atomic E-state index is 0. The van der Waals surface area contributed by atoms with Crippen molar-refractivity contribution >= 4 is 24.1 Å². The van der Waals surface area contributed by atoms with E-state index in [-0.39, 0.29) is 43.0 Å². The molecule has 3 rings (SSSR count). The van der Waals surface area contributed by atoms with E-state index in [0.717, 1.165) is 30.8 Å². The van der Waals surface area contributed by atoms with Crippen molar-refractivity contribution in [2.45, 2.75) is 25.8 Å². The summed E-state index contributed by atoms with van der Waals surface area (Å²) in [5.41, 5.74) is 2.88. The molecule has 0 radical (unpaired) electrons. The lowest BCUT2D eigenvalue weighted by Gasteiger charge is -2.34. The van der Waals surface area contributed by atoms with Gasteiger partial charge in [0.2, 0.25) is 5.91 Å². The summed E-state index contributed by atoms with van der Waals surface area (Å²) in [5, 5.41) is 3.27. The van der Waals surface area contributed by atoms with Crippen LogP contribution in [-0.4, -0.2) is 42.3 Å². The number of Topliss-reactive ketones (excluding diaryl/α,β-unsaturated/α-hetero) is 1. The van der Waals surface area contributed by atoms with Gasteiger partial charge in [-0.05, 0) is 18.1 Å². The van der Waals surface area contributed by atoms with Crippen LogP contribution in [0.5, 0.6) is 0 Å². The summed E-state index contributed by atoms with van der Waals surface area (Å²) in [7, 11) is 0. The highest BCUT2D eigenvalue weighted by atomic mass is 35.5. The lowest BCUT2D eigenvalue weighted by Crippen LogP contribution is -2.52. The lowest BCUT2D eigenvalue weighted by molar-refractivity contribution is -0.133. The Morgan fingerprint density at radius 1 is 1.00 bits per heavy atom. The molecule has 0 spiro atoms. The number of ketones is 1. The Kier molecular flexibility index (Phi) is 7.37.